The first-order valence-electron chi connectivity index (χ1n) is 7.45. The van der Waals surface area contributed by atoms with Gasteiger partial charge < -0.3 is 10.1 Å². The van der Waals surface area contributed by atoms with E-state index in [-0.39, 0.29) is 18.6 Å². The molecule has 0 radical (unpaired) electrons. The standard InChI is InChI=1S/C17H18N4O2S/c1-4-9-23-16(22)14-11(2)20-17-18-10-19-21(17)15(14)12-5-7-13(24-3)8-6-12/h4-8,10,15H,1,9H2,2-3H3,(H,18,19,20)/t15-/m0/s1. The molecule has 1 aromatic heterocycles. The predicted molar refractivity (Wildman–Crippen MR) is 93.9 cm³/mol. The van der Waals surface area contributed by atoms with E-state index in [0.29, 0.717) is 17.2 Å². The highest BCUT2D eigenvalue weighted by molar-refractivity contribution is 7.98. The Morgan fingerprint density at radius 3 is 2.88 bits per heavy atom. The van der Waals surface area contributed by atoms with Crippen molar-refractivity contribution in [2.24, 2.45) is 0 Å². The SMILES string of the molecule is C=CCOC(=O)C1=C(C)Nc2ncnn2[C@H]1c1ccc(SC)cc1. The fraction of sp³-hybridized carbons (Fsp3) is 0.235. The number of anilines is 1. The molecule has 1 aliphatic rings. The fourth-order valence-corrected chi connectivity index (χ4v) is 3.07. The Morgan fingerprint density at radius 2 is 2.21 bits per heavy atom. The minimum atomic E-state index is -0.389. The Hall–Kier alpha value is -2.54. The van der Waals surface area contributed by atoms with Crippen LogP contribution in [0, 0.1) is 0 Å². The molecule has 0 aliphatic carbocycles. The molecule has 0 spiro atoms. The van der Waals surface area contributed by atoms with Crippen LogP contribution in [0.5, 0.6) is 0 Å². The number of aromatic nitrogens is 3. The van der Waals surface area contributed by atoms with Gasteiger partial charge in [-0.25, -0.2) is 9.48 Å². The third-order valence-electron chi connectivity index (χ3n) is 3.78. The van der Waals surface area contributed by atoms with E-state index in [1.165, 1.54) is 6.33 Å². The van der Waals surface area contributed by atoms with Crippen LogP contribution in [0.3, 0.4) is 0 Å². The molecule has 0 saturated carbocycles. The van der Waals surface area contributed by atoms with E-state index >= 15 is 0 Å². The number of rotatable bonds is 5. The minimum absolute atomic E-state index is 0.165. The fourth-order valence-electron chi connectivity index (χ4n) is 2.66. The average molecular weight is 342 g/mol. The van der Waals surface area contributed by atoms with Crippen LogP contribution in [0.2, 0.25) is 0 Å². The van der Waals surface area contributed by atoms with E-state index in [1.54, 1.807) is 22.5 Å². The molecule has 1 aromatic carbocycles. The molecule has 124 valence electrons. The lowest BCUT2D eigenvalue weighted by Crippen LogP contribution is -2.29. The van der Waals surface area contributed by atoms with Crippen LogP contribution in [-0.4, -0.2) is 33.6 Å². The zero-order chi connectivity index (χ0) is 17.1. The van der Waals surface area contributed by atoms with Gasteiger partial charge in [0.15, 0.2) is 0 Å². The summed E-state index contributed by atoms with van der Waals surface area (Å²) in [6.07, 6.45) is 5.04. The largest absolute Gasteiger partial charge is 0.458 e. The van der Waals surface area contributed by atoms with Crippen molar-refractivity contribution in [1.82, 2.24) is 14.8 Å². The monoisotopic (exact) mass is 342 g/mol. The van der Waals surface area contributed by atoms with E-state index in [1.807, 2.05) is 37.4 Å². The van der Waals surface area contributed by atoms with Gasteiger partial charge in [-0.1, -0.05) is 24.8 Å². The number of allylic oxidation sites excluding steroid dienone is 1. The van der Waals surface area contributed by atoms with Crippen LogP contribution < -0.4 is 5.32 Å². The number of ether oxygens (including phenoxy) is 1. The highest BCUT2D eigenvalue weighted by atomic mass is 32.2. The van der Waals surface area contributed by atoms with Crippen molar-refractivity contribution in [3.63, 3.8) is 0 Å². The molecule has 24 heavy (non-hydrogen) atoms. The number of hydrogen-bond acceptors (Lipinski definition) is 6. The summed E-state index contributed by atoms with van der Waals surface area (Å²) in [4.78, 5) is 17.9. The van der Waals surface area contributed by atoms with E-state index < -0.39 is 0 Å². The summed E-state index contributed by atoms with van der Waals surface area (Å²) in [5, 5.41) is 7.39. The lowest BCUT2D eigenvalue weighted by molar-refractivity contribution is -0.138. The number of carbonyl (C=O) groups is 1. The van der Waals surface area contributed by atoms with Crippen LogP contribution in [0.25, 0.3) is 0 Å². The second kappa shape index (κ2) is 6.92. The Labute approximate surface area is 144 Å². The van der Waals surface area contributed by atoms with Crippen molar-refractivity contribution in [1.29, 1.82) is 0 Å². The molecule has 1 atom stereocenters. The van der Waals surface area contributed by atoms with Crippen molar-refractivity contribution in [3.05, 3.63) is 60.1 Å². The van der Waals surface area contributed by atoms with Crippen LogP contribution >= 0.6 is 11.8 Å². The van der Waals surface area contributed by atoms with Gasteiger partial charge in [-0.15, -0.1) is 11.8 Å². The van der Waals surface area contributed by atoms with E-state index in [9.17, 15) is 4.79 Å². The maximum absolute atomic E-state index is 12.6. The van der Waals surface area contributed by atoms with Crippen LogP contribution in [0.1, 0.15) is 18.5 Å². The number of benzene rings is 1. The quantitative estimate of drug-likeness (QED) is 0.512. The molecule has 0 unspecified atom stereocenters. The van der Waals surface area contributed by atoms with Gasteiger partial charge in [0.25, 0.3) is 0 Å². The Balaban J connectivity index is 2.06. The Morgan fingerprint density at radius 1 is 1.46 bits per heavy atom. The first kappa shape index (κ1) is 16.3. The lowest BCUT2D eigenvalue weighted by Gasteiger charge is -2.28. The third kappa shape index (κ3) is 2.94. The predicted octanol–water partition coefficient (Wildman–Crippen LogP) is 3.02. The molecule has 7 heteroatoms. The van der Waals surface area contributed by atoms with Gasteiger partial charge in [0.05, 0.1) is 5.57 Å². The highest BCUT2D eigenvalue weighted by Gasteiger charge is 2.34. The zero-order valence-electron chi connectivity index (χ0n) is 13.5. The van der Waals surface area contributed by atoms with Crippen molar-refractivity contribution >= 4 is 23.7 Å². The average Bonchev–Trinajstić information content (AvgIpc) is 3.06. The van der Waals surface area contributed by atoms with Gasteiger partial charge in [-0.05, 0) is 30.9 Å². The van der Waals surface area contributed by atoms with E-state index in [4.69, 9.17) is 4.74 Å². The molecule has 0 amide bonds. The second-order valence-electron chi connectivity index (χ2n) is 5.25. The van der Waals surface area contributed by atoms with Gasteiger partial charge in [0.1, 0.15) is 19.0 Å². The van der Waals surface area contributed by atoms with Gasteiger partial charge >= 0.3 is 5.97 Å². The summed E-state index contributed by atoms with van der Waals surface area (Å²) >= 11 is 1.67. The number of hydrogen-bond donors (Lipinski definition) is 1. The molecule has 1 N–H and O–H groups in total. The van der Waals surface area contributed by atoms with Crippen LogP contribution in [0.4, 0.5) is 5.95 Å². The highest BCUT2D eigenvalue weighted by Crippen LogP contribution is 2.35. The van der Waals surface area contributed by atoms with Crippen molar-refractivity contribution < 1.29 is 9.53 Å². The molecule has 2 heterocycles. The summed E-state index contributed by atoms with van der Waals surface area (Å²) in [7, 11) is 0. The normalized spacial score (nSPS) is 16.3. The number of thioether (sulfide) groups is 1. The smallest absolute Gasteiger partial charge is 0.338 e. The lowest BCUT2D eigenvalue weighted by atomic mass is 9.96. The van der Waals surface area contributed by atoms with E-state index in [2.05, 4.69) is 22.0 Å². The van der Waals surface area contributed by atoms with Crippen molar-refractivity contribution in [2.75, 3.05) is 18.2 Å². The summed E-state index contributed by atoms with van der Waals surface area (Å²) < 4.78 is 6.97. The van der Waals surface area contributed by atoms with Gasteiger partial charge in [0, 0.05) is 10.6 Å². The zero-order valence-corrected chi connectivity index (χ0v) is 14.3. The summed E-state index contributed by atoms with van der Waals surface area (Å²) in [6, 6.07) is 7.68. The summed E-state index contributed by atoms with van der Waals surface area (Å²) in [6.45, 7) is 5.59. The molecule has 1 aliphatic heterocycles. The third-order valence-corrected chi connectivity index (χ3v) is 4.52. The van der Waals surface area contributed by atoms with Crippen molar-refractivity contribution in [3.8, 4) is 0 Å². The first-order chi connectivity index (χ1) is 11.7. The summed E-state index contributed by atoms with van der Waals surface area (Å²) in [5.41, 5.74) is 2.18. The number of esters is 1. The molecule has 0 fully saturated rings. The van der Waals surface area contributed by atoms with Gasteiger partial charge in [0.2, 0.25) is 5.95 Å². The second-order valence-corrected chi connectivity index (χ2v) is 6.13. The molecular formula is C17H18N4O2S. The number of fused-ring (bicyclic) bond motifs is 1. The Bertz CT molecular complexity index is 795. The summed E-state index contributed by atoms with van der Waals surface area (Å²) in [5.74, 6) is 0.215. The van der Waals surface area contributed by atoms with Crippen LogP contribution in [-0.2, 0) is 9.53 Å². The van der Waals surface area contributed by atoms with Crippen molar-refractivity contribution in [2.45, 2.75) is 17.9 Å². The maximum Gasteiger partial charge on any atom is 0.338 e. The number of nitrogens with zero attached hydrogens (tertiary/aromatic N) is 3. The van der Waals surface area contributed by atoms with Crippen LogP contribution in [0.15, 0.2) is 59.4 Å². The molecule has 2 aromatic rings. The number of carbonyl (C=O) groups excluding carboxylic acids is 1. The molecule has 3 rings (SSSR count). The molecule has 0 bridgehead atoms. The minimum Gasteiger partial charge on any atom is -0.458 e. The first-order valence-corrected chi connectivity index (χ1v) is 8.67. The maximum atomic E-state index is 12.6. The molecule has 0 saturated heterocycles. The molecular weight excluding hydrogens is 324 g/mol. The van der Waals surface area contributed by atoms with Gasteiger partial charge in [-0.2, -0.15) is 10.1 Å². The topological polar surface area (TPSA) is 69.0 Å². The number of nitrogens with one attached hydrogen (secondary N) is 1. The Kier molecular flexibility index (Phi) is 4.71. The van der Waals surface area contributed by atoms with E-state index in [0.717, 1.165) is 10.5 Å². The van der Waals surface area contributed by atoms with Gasteiger partial charge in [-0.3, -0.25) is 0 Å². The molecule has 6 nitrogen and oxygen atoms in total.